The number of hydrogen-bond acceptors (Lipinski definition) is 6. The third kappa shape index (κ3) is 3.95. The molecule has 0 spiro atoms. The lowest BCUT2D eigenvalue weighted by molar-refractivity contribution is 0.0993. The van der Waals surface area contributed by atoms with Crippen LogP contribution in [0.25, 0.3) is 0 Å². The van der Waals surface area contributed by atoms with Gasteiger partial charge >= 0.3 is 0 Å². The first kappa shape index (κ1) is 16.9. The average molecular weight is 352 g/mol. The number of nitrogens with zero attached hydrogens (tertiary/aromatic N) is 3. The lowest BCUT2D eigenvalue weighted by Gasteiger charge is -2.12. The third-order valence-corrected chi connectivity index (χ3v) is 4.50. The van der Waals surface area contributed by atoms with Gasteiger partial charge in [-0.25, -0.2) is 9.97 Å². The number of hydrogen-bond donors (Lipinski definition) is 1. The molecule has 0 unspecified atom stereocenters. The van der Waals surface area contributed by atoms with Gasteiger partial charge in [0, 0.05) is 23.5 Å². The lowest BCUT2D eigenvalue weighted by Crippen LogP contribution is -2.14. The minimum atomic E-state index is -0.651. The van der Waals surface area contributed by atoms with Crippen LogP contribution in [0.15, 0.2) is 58.8 Å². The Morgan fingerprint density at radius 3 is 2.56 bits per heavy atom. The highest BCUT2D eigenvalue weighted by Gasteiger charge is 2.15. The highest BCUT2D eigenvalue weighted by Crippen LogP contribution is 2.33. The Morgan fingerprint density at radius 2 is 1.84 bits per heavy atom. The van der Waals surface area contributed by atoms with Crippen molar-refractivity contribution < 1.29 is 9.53 Å². The van der Waals surface area contributed by atoms with Crippen molar-refractivity contribution in [3.8, 4) is 11.5 Å². The number of primary amides is 1. The van der Waals surface area contributed by atoms with E-state index >= 15 is 0 Å². The Hall–Kier alpha value is -2.93. The Morgan fingerprint density at radius 1 is 1.08 bits per heavy atom. The first-order valence-electron chi connectivity index (χ1n) is 7.53. The van der Waals surface area contributed by atoms with E-state index in [4.69, 9.17) is 10.5 Å². The Kier molecular flexibility index (Phi) is 4.95. The minimum Gasteiger partial charge on any atom is -0.453 e. The maximum Gasteiger partial charge on any atom is 0.271 e. The summed E-state index contributed by atoms with van der Waals surface area (Å²) in [7, 11) is 0. The molecule has 25 heavy (non-hydrogen) atoms. The molecule has 3 heterocycles. The number of aromatic nitrogens is 3. The number of aryl methyl sites for hydroxylation is 2. The maximum absolute atomic E-state index is 11.7. The summed E-state index contributed by atoms with van der Waals surface area (Å²) in [5, 5.41) is 0.861. The molecule has 0 aliphatic rings. The van der Waals surface area contributed by atoms with E-state index in [2.05, 4.69) is 15.0 Å². The molecule has 3 rings (SSSR count). The normalized spacial score (nSPS) is 10.5. The number of carbonyl (C=O) groups is 1. The van der Waals surface area contributed by atoms with Gasteiger partial charge in [0.25, 0.3) is 5.91 Å². The van der Waals surface area contributed by atoms with Crippen molar-refractivity contribution in [3.05, 3.63) is 65.9 Å². The first-order chi connectivity index (χ1) is 12.0. The first-order valence-corrected chi connectivity index (χ1v) is 8.35. The molecule has 0 saturated heterocycles. The standard InChI is InChI=1S/C18H16N4O2S/c1-11-5-3-8-21-18(11)25-13-9-15(16(17(19)23)22-10-13)24-14-6-4-7-20-12(14)2/h3-10H,1-2H3,(H2,19,23). The van der Waals surface area contributed by atoms with Crippen molar-refractivity contribution in [2.45, 2.75) is 23.8 Å². The SMILES string of the molecule is Cc1cccnc1Sc1cnc(C(N)=O)c(Oc2cccnc2C)c1. The third-order valence-electron chi connectivity index (χ3n) is 3.42. The molecule has 0 aromatic carbocycles. The second-order valence-corrected chi connectivity index (χ2v) is 6.36. The number of rotatable bonds is 5. The fourth-order valence-corrected chi connectivity index (χ4v) is 2.97. The summed E-state index contributed by atoms with van der Waals surface area (Å²) in [6.07, 6.45) is 4.99. The molecule has 126 valence electrons. The average Bonchev–Trinajstić information content (AvgIpc) is 2.59. The molecule has 0 radical (unpaired) electrons. The van der Waals surface area contributed by atoms with Crippen molar-refractivity contribution in [1.82, 2.24) is 15.0 Å². The van der Waals surface area contributed by atoms with Crippen LogP contribution < -0.4 is 10.5 Å². The largest absolute Gasteiger partial charge is 0.453 e. The Labute approximate surface area is 149 Å². The highest BCUT2D eigenvalue weighted by molar-refractivity contribution is 7.99. The molecule has 0 aliphatic heterocycles. The van der Waals surface area contributed by atoms with Crippen LogP contribution in [0.1, 0.15) is 21.7 Å². The highest BCUT2D eigenvalue weighted by atomic mass is 32.2. The monoisotopic (exact) mass is 352 g/mol. The molecule has 7 heteroatoms. The van der Waals surface area contributed by atoms with Crippen LogP contribution in [0.2, 0.25) is 0 Å². The van der Waals surface area contributed by atoms with Crippen molar-refractivity contribution in [2.75, 3.05) is 0 Å². The molecule has 0 fully saturated rings. The van der Waals surface area contributed by atoms with Gasteiger partial charge in [-0.05, 0) is 43.7 Å². The quantitative estimate of drug-likeness (QED) is 0.755. The molecule has 3 aromatic heterocycles. The minimum absolute atomic E-state index is 0.0744. The van der Waals surface area contributed by atoms with Crippen molar-refractivity contribution in [2.24, 2.45) is 5.73 Å². The van der Waals surface area contributed by atoms with E-state index in [0.29, 0.717) is 17.2 Å². The van der Waals surface area contributed by atoms with E-state index in [9.17, 15) is 4.79 Å². The summed E-state index contributed by atoms with van der Waals surface area (Å²) in [5.41, 5.74) is 7.25. The van der Waals surface area contributed by atoms with E-state index in [-0.39, 0.29) is 5.69 Å². The van der Waals surface area contributed by atoms with Gasteiger partial charge in [0.1, 0.15) is 10.8 Å². The molecule has 0 atom stereocenters. The zero-order valence-electron chi connectivity index (χ0n) is 13.8. The van der Waals surface area contributed by atoms with E-state index in [0.717, 1.165) is 15.5 Å². The van der Waals surface area contributed by atoms with E-state index in [1.165, 1.54) is 11.8 Å². The topological polar surface area (TPSA) is 91.0 Å². The molecule has 6 nitrogen and oxygen atoms in total. The van der Waals surface area contributed by atoms with E-state index < -0.39 is 5.91 Å². The summed E-state index contributed by atoms with van der Waals surface area (Å²) in [4.78, 5) is 25.1. The number of ether oxygens (including phenoxy) is 1. The zero-order valence-corrected chi connectivity index (χ0v) is 14.6. The molecule has 0 aliphatic carbocycles. The maximum atomic E-state index is 11.7. The zero-order chi connectivity index (χ0) is 17.8. The number of amides is 1. The lowest BCUT2D eigenvalue weighted by atomic mass is 10.3. The van der Waals surface area contributed by atoms with Crippen molar-refractivity contribution in [1.29, 1.82) is 0 Å². The predicted molar refractivity (Wildman–Crippen MR) is 94.9 cm³/mol. The number of nitrogens with two attached hydrogens (primary N) is 1. The predicted octanol–water partition coefficient (Wildman–Crippen LogP) is 3.53. The molecule has 1 amide bonds. The van der Waals surface area contributed by atoms with Gasteiger partial charge in [0.15, 0.2) is 11.4 Å². The number of pyridine rings is 3. The molecule has 2 N–H and O–H groups in total. The molecule has 0 bridgehead atoms. The Bertz CT molecular complexity index is 930. The molecule has 3 aromatic rings. The van der Waals surface area contributed by atoms with Crippen LogP contribution >= 0.6 is 11.8 Å². The van der Waals surface area contributed by atoms with Crippen LogP contribution in [0.4, 0.5) is 0 Å². The van der Waals surface area contributed by atoms with Crippen LogP contribution in [0.5, 0.6) is 11.5 Å². The summed E-state index contributed by atoms with van der Waals surface area (Å²) >= 11 is 1.44. The second kappa shape index (κ2) is 7.31. The van der Waals surface area contributed by atoms with Gasteiger partial charge in [-0.3, -0.25) is 9.78 Å². The molecular weight excluding hydrogens is 336 g/mol. The van der Waals surface area contributed by atoms with Gasteiger partial charge in [0.2, 0.25) is 0 Å². The van der Waals surface area contributed by atoms with Crippen LogP contribution in [0, 0.1) is 13.8 Å². The van der Waals surface area contributed by atoms with Gasteiger partial charge in [-0.2, -0.15) is 0 Å². The van der Waals surface area contributed by atoms with Crippen LogP contribution in [-0.2, 0) is 0 Å². The van der Waals surface area contributed by atoms with E-state index in [1.54, 1.807) is 36.8 Å². The van der Waals surface area contributed by atoms with Gasteiger partial charge < -0.3 is 10.5 Å². The Balaban J connectivity index is 1.96. The summed E-state index contributed by atoms with van der Waals surface area (Å²) in [6.45, 7) is 3.81. The fraction of sp³-hybridized carbons (Fsp3) is 0.111. The van der Waals surface area contributed by atoms with E-state index in [1.807, 2.05) is 26.0 Å². The van der Waals surface area contributed by atoms with Crippen LogP contribution in [0.3, 0.4) is 0 Å². The number of carbonyl (C=O) groups excluding carboxylic acids is 1. The summed E-state index contributed by atoms with van der Waals surface area (Å²) in [6, 6.07) is 9.13. The molecule has 0 saturated carbocycles. The second-order valence-electron chi connectivity index (χ2n) is 5.30. The van der Waals surface area contributed by atoms with Crippen molar-refractivity contribution in [3.63, 3.8) is 0 Å². The summed E-state index contributed by atoms with van der Waals surface area (Å²) in [5.74, 6) is 0.187. The van der Waals surface area contributed by atoms with Gasteiger partial charge in [-0.1, -0.05) is 17.8 Å². The smallest absolute Gasteiger partial charge is 0.271 e. The van der Waals surface area contributed by atoms with Gasteiger partial charge in [0.05, 0.1) is 5.69 Å². The van der Waals surface area contributed by atoms with Crippen molar-refractivity contribution >= 4 is 17.7 Å². The van der Waals surface area contributed by atoms with Crippen LogP contribution in [-0.4, -0.2) is 20.9 Å². The molecular formula is C18H16N4O2S. The van der Waals surface area contributed by atoms with Gasteiger partial charge in [-0.15, -0.1) is 0 Å². The fourth-order valence-electron chi connectivity index (χ4n) is 2.13. The summed E-state index contributed by atoms with van der Waals surface area (Å²) < 4.78 is 5.85.